The lowest BCUT2D eigenvalue weighted by molar-refractivity contribution is 0.0950. The van der Waals surface area contributed by atoms with Crippen LogP contribution < -0.4 is 10.1 Å². The number of nitrogens with one attached hydrogen (secondary N) is 1. The van der Waals surface area contributed by atoms with Crippen molar-refractivity contribution in [3.8, 4) is 11.4 Å². The number of rotatable bonds is 5. The summed E-state index contributed by atoms with van der Waals surface area (Å²) >= 11 is 0. The number of amides is 1. The first-order valence-electron chi connectivity index (χ1n) is 7.80. The van der Waals surface area contributed by atoms with Gasteiger partial charge in [0.25, 0.3) is 5.91 Å². The predicted octanol–water partition coefficient (Wildman–Crippen LogP) is 3.26. The van der Waals surface area contributed by atoms with Crippen LogP contribution >= 0.6 is 0 Å². The number of aryl methyl sites for hydroxylation is 1. The average molecular weight is 339 g/mol. The molecule has 0 atom stereocenters. The molecule has 1 amide bonds. The number of carbonyl (C=O) groups is 1. The Bertz CT molecular complexity index is 888. The number of carbonyl (C=O) groups excluding carboxylic acids is 1. The molecular formula is C19H18FN3O2. The van der Waals surface area contributed by atoms with Crippen molar-refractivity contribution < 1.29 is 13.9 Å². The minimum atomic E-state index is -0.324. The Morgan fingerprint density at radius 2 is 1.96 bits per heavy atom. The Labute approximate surface area is 145 Å². The highest BCUT2D eigenvalue weighted by atomic mass is 19.1. The molecule has 1 aromatic heterocycles. The van der Waals surface area contributed by atoms with E-state index in [1.165, 1.54) is 18.2 Å². The van der Waals surface area contributed by atoms with Crippen LogP contribution in [0, 0.1) is 12.7 Å². The zero-order valence-electron chi connectivity index (χ0n) is 14.0. The van der Waals surface area contributed by atoms with Crippen LogP contribution in [0.2, 0.25) is 0 Å². The second kappa shape index (κ2) is 7.17. The Balaban J connectivity index is 1.64. The van der Waals surface area contributed by atoms with Gasteiger partial charge in [0.05, 0.1) is 25.0 Å². The SMILES string of the molecule is COc1ccc(-n2ccc(CNC(=O)c3ccc(F)c(C)c3)n2)cc1. The first kappa shape index (κ1) is 16.7. The van der Waals surface area contributed by atoms with E-state index in [-0.39, 0.29) is 11.7 Å². The van der Waals surface area contributed by atoms with Gasteiger partial charge in [0.2, 0.25) is 0 Å². The lowest BCUT2D eigenvalue weighted by Gasteiger charge is -2.05. The highest BCUT2D eigenvalue weighted by molar-refractivity contribution is 5.94. The molecule has 0 fully saturated rings. The van der Waals surface area contributed by atoms with Gasteiger partial charge in [-0.1, -0.05) is 0 Å². The molecule has 1 N–H and O–H groups in total. The normalized spacial score (nSPS) is 10.5. The van der Waals surface area contributed by atoms with Crippen molar-refractivity contribution in [2.45, 2.75) is 13.5 Å². The maximum Gasteiger partial charge on any atom is 0.251 e. The van der Waals surface area contributed by atoms with Crippen LogP contribution in [0.4, 0.5) is 4.39 Å². The van der Waals surface area contributed by atoms with E-state index in [2.05, 4.69) is 10.4 Å². The van der Waals surface area contributed by atoms with Gasteiger partial charge in [0.1, 0.15) is 11.6 Å². The molecule has 0 aliphatic heterocycles. The van der Waals surface area contributed by atoms with Crippen molar-refractivity contribution in [3.05, 3.63) is 77.4 Å². The standard InChI is InChI=1S/C19H18FN3O2/c1-13-11-14(3-8-18(13)20)19(24)21-12-15-9-10-23(22-15)16-4-6-17(25-2)7-5-16/h3-11H,12H2,1-2H3,(H,21,24). The van der Waals surface area contributed by atoms with E-state index < -0.39 is 0 Å². The minimum absolute atomic E-state index is 0.262. The largest absolute Gasteiger partial charge is 0.497 e. The fourth-order valence-electron chi connectivity index (χ4n) is 2.39. The van der Waals surface area contributed by atoms with Crippen molar-refractivity contribution in [1.29, 1.82) is 0 Å². The molecule has 2 aromatic carbocycles. The summed E-state index contributed by atoms with van der Waals surface area (Å²) in [4.78, 5) is 12.1. The molecule has 25 heavy (non-hydrogen) atoms. The molecule has 0 saturated carbocycles. The van der Waals surface area contributed by atoms with Gasteiger partial charge >= 0.3 is 0 Å². The lowest BCUT2D eigenvalue weighted by Crippen LogP contribution is -2.23. The summed E-state index contributed by atoms with van der Waals surface area (Å²) in [5.41, 5.74) is 2.49. The highest BCUT2D eigenvalue weighted by Crippen LogP contribution is 2.14. The van der Waals surface area contributed by atoms with Gasteiger partial charge in [0, 0.05) is 11.8 Å². The molecule has 0 bridgehead atoms. The predicted molar refractivity (Wildman–Crippen MR) is 92.4 cm³/mol. The minimum Gasteiger partial charge on any atom is -0.497 e. The Morgan fingerprint density at radius 3 is 2.64 bits per heavy atom. The van der Waals surface area contributed by atoms with Crippen molar-refractivity contribution in [1.82, 2.24) is 15.1 Å². The molecule has 1 heterocycles. The van der Waals surface area contributed by atoms with E-state index in [9.17, 15) is 9.18 Å². The zero-order valence-corrected chi connectivity index (χ0v) is 14.0. The number of benzene rings is 2. The van der Waals surface area contributed by atoms with Crippen LogP contribution in [0.3, 0.4) is 0 Å². The number of ether oxygens (including phenoxy) is 1. The molecule has 6 heteroatoms. The summed E-state index contributed by atoms with van der Waals surface area (Å²) < 4.78 is 20.1. The maximum atomic E-state index is 13.3. The van der Waals surface area contributed by atoms with E-state index in [1.54, 1.807) is 18.7 Å². The Kier molecular flexibility index (Phi) is 4.79. The molecule has 0 unspecified atom stereocenters. The third-order valence-electron chi connectivity index (χ3n) is 3.83. The molecule has 0 spiro atoms. The second-order valence-corrected chi connectivity index (χ2v) is 5.60. The Hall–Kier alpha value is -3.15. The topological polar surface area (TPSA) is 56.1 Å². The number of halogens is 1. The zero-order chi connectivity index (χ0) is 17.8. The third kappa shape index (κ3) is 3.85. The number of nitrogens with zero attached hydrogens (tertiary/aromatic N) is 2. The summed E-state index contributed by atoms with van der Waals surface area (Å²) in [7, 11) is 1.62. The second-order valence-electron chi connectivity index (χ2n) is 5.60. The molecule has 3 rings (SSSR count). The first-order valence-corrected chi connectivity index (χ1v) is 7.80. The van der Waals surface area contributed by atoms with Crippen LogP contribution in [0.1, 0.15) is 21.6 Å². The summed E-state index contributed by atoms with van der Waals surface area (Å²) in [6, 6.07) is 13.6. The molecule has 0 aliphatic carbocycles. The number of methoxy groups -OCH3 is 1. The molecule has 128 valence electrons. The van der Waals surface area contributed by atoms with E-state index >= 15 is 0 Å². The summed E-state index contributed by atoms with van der Waals surface area (Å²) in [5.74, 6) is 0.190. The van der Waals surface area contributed by atoms with Crippen molar-refractivity contribution in [2.24, 2.45) is 0 Å². The van der Waals surface area contributed by atoms with Gasteiger partial charge in [-0.2, -0.15) is 5.10 Å². The molecular weight excluding hydrogens is 321 g/mol. The number of hydrogen-bond acceptors (Lipinski definition) is 3. The third-order valence-corrected chi connectivity index (χ3v) is 3.83. The van der Waals surface area contributed by atoms with Gasteiger partial charge in [-0.3, -0.25) is 4.79 Å². The van der Waals surface area contributed by atoms with E-state index in [1.807, 2.05) is 36.5 Å². The van der Waals surface area contributed by atoms with Crippen molar-refractivity contribution in [3.63, 3.8) is 0 Å². The summed E-state index contributed by atoms with van der Waals surface area (Å²) in [6.07, 6.45) is 1.82. The molecule has 0 radical (unpaired) electrons. The number of aromatic nitrogens is 2. The lowest BCUT2D eigenvalue weighted by atomic mass is 10.1. The fourth-order valence-corrected chi connectivity index (χ4v) is 2.39. The van der Waals surface area contributed by atoms with Crippen LogP contribution in [-0.2, 0) is 6.54 Å². The smallest absolute Gasteiger partial charge is 0.251 e. The highest BCUT2D eigenvalue weighted by Gasteiger charge is 2.09. The molecule has 5 nitrogen and oxygen atoms in total. The maximum absolute atomic E-state index is 13.3. The summed E-state index contributed by atoms with van der Waals surface area (Å²) in [5, 5.41) is 7.22. The Morgan fingerprint density at radius 1 is 1.20 bits per heavy atom. The van der Waals surface area contributed by atoms with Gasteiger partial charge in [-0.15, -0.1) is 0 Å². The van der Waals surface area contributed by atoms with Gasteiger partial charge in [-0.25, -0.2) is 9.07 Å². The first-order chi connectivity index (χ1) is 12.1. The fraction of sp³-hybridized carbons (Fsp3) is 0.158. The van der Waals surface area contributed by atoms with Crippen LogP contribution in [0.25, 0.3) is 5.69 Å². The van der Waals surface area contributed by atoms with E-state index in [0.29, 0.717) is 17.7 Å². The van der Waals surface area contributed by atoms with Crippen LogP contribution in [-0.4, -0.2) is 22.8 Å². The van der Waals surface area contributed by atoms with Gasteiger partial charge in [0.15, 0.2) is 0 Å². The van der Waals surface area contributed by atoms with Crippen LogP contribution in [0.5, 0.6) is 5.75 Å². The number of hydrogen-bond donors (Lipinski definition) is 1. The van der Waals surface area contributed by atoms with E-state index in [0.717, 1.165) is 17.1 Å². The average Bonchev–Trinajstić information content (AvgIpc) is 3.11. The van der Waals surface area contributed by atoms with Gasteiger partial charge < -0.3 is 10.1 Å². The quantitative estimate of drug-likeness (QED) is 0.776. The molecule has 3 aromatic rings. The van der Waals surface area contributed by atoms with Gasteiger partial charge in [-0.05, 0) is 61.0 Å². The van der Waals surface area contributed by atoms with Crippen molar-refractivity contribution >= 4 is 5.91 Å². The molecule has 0 aliphatic rings. The molecule has 0 saturated heterocycles. The monoisotopic (exact) mass is 339 g/mol. The van der Waals surface area contributed by atoms with Crippen LogP contribution in [0.15, 0.2) is 54.7 Å². The summed E-state index contributed by atoms with van der Waals surface area (Å²) in [6.45, 7) is 1.92. The van der Waals surface area contributed by atoms with Crippen molar-refractivity contribution in [2.75, 3.05) is 7.11 Å². The van der Waals surface area contributed by atoms with E-state index in [4.69, 9.17) is 4.74 Å².